The zero-order valence-electron chi connectivity index (χ0n) is 12.4. The number of amides is 1. The topological polar surface area (TPSA) is 59.8 Å². The lowest BCUT2D eigenvalue weighted by atomic mass is 10.2. The molecule has 1 aromatic heterocycles. The molecule has 1 N–H and O–H groups in total. The molecule has 0 aliphatic carbocycles. The Morgan fingerprint density at radius 1 is 1.33 bits per heavy atom. The second kappa shape index (κ2) is 7.38. The monoisotopic (exact) mass is 284 g/mol. The number of benzene rings is 1. The van der Waals surface area contributed by atoms with Crippen molar-refractivity contribution in [2.45, 2.75) is 32.9 Å². The first-order valence-corrected chi connectivity index (χ1v) is 7.16. The molecule has 21 heavy (non-hydrogen) atoms. The standard InChI is InChI=1S/C16H20N4O/c1-3-14(16-17-12-18-20(16)4-2)19-15(21)11-10-13-8-6-5-7-9-13/h5-12,14H,3-4H2,1-2H3,(H,19,21)/b11-10+. The predicted octanol–water partition coefficient (Wildman–Crippen LogP) is 2.58. The van der Waals surface area contributed by atoms with Crippen molar-refractivity contribution in [2.24, 2.45) is 0 Å². The van der Waals surface area contributed by atoms with E-state index in [0.717, 1.165) is 24.4 Å². The third kappa shape index (κ3) is 4.02. The van der Waals surface area contributed by atoms with Gasteiger partial charge in [0.05, 0.1) is 6.04 Å². The molecule has 0 aliphatic heterocycles. The largest absolute Gasteiger partial charge is 0.343 e. The summed E-state index contributed by atoms with van der Waals surface area (Å²) in [5.41, 5.74) is 0.998. The minimum atomic E-state index is -0.128. The molecule has 1 atom stereocenters. The van der Waals surface area contributed by atoms with Crippen molar-refractivity contribution in [3.8, 4) is 0 Å². The highest BCUT2D eigenvalue weighted by molar-refractivity contribution is 5.91. The molecule has 0 saturated heterocycles. The van der Waals surface area contributed by atoms with E-state index in [9.17, 15) is 4.79 Å². The lowest BCUT2D eigenvalue weighted by Gasteiger charge is -2.15. The van der Waals surface area contributed by atoms with Crippen LogP contribution in [0.5, 0.6) is 0 Å². The molecule has 0 spiro atoms. The summed E-state index contributed by atoms with van der Waals surface area (Å²) in [6.45, 7) is 4.75. The van der Waals surface area contributed by atoms with Gasteiger partial charge in [-0.3, -0.25) is 4.79 Å². The van der Waals surface area contributed by atoms with Crippen molar-refractivity contribution in [3.63, 3.8) is 0 Å². The van der Waals surface area contributed by atoms with Crippen LogP contribution in [-0.4, -0.2) is 20.7 Å². The van der Waals surface area contributed by atoms with Gasteiger partial charge in [0.25, 0.3) is 0 Å². The van der Waals surface area contributed by atoms with Gasteiger partial charge >= 0.3 is 0 Å². The first kappa shape index (κ1) is 15.0. The Hall–Kier alpha value is -2.43. The van der Waals surface area contributed by atoms with Gasteiger partial charge in [-0.25, -0.2) is 9.67 Å². The Bertz CT molecular complexity index is 604. The Labute approximate surface area is 124 Å². The highest BCUT2D eigenvalue weighted by atomic mass is 16.1. The van der Waals surface area contributed by atoms with Crippen LogP contribution < -0.4 is 5.32 Å². The summed E-state index contributed by atoms with van der Waals surface area (Å²) in [4.78, 5) is 16.3. The normalized spacial score (nSPS) is 12.5. The Morgan fingerprint density at radius 2 is 2.10 bits per heavy atom. The van der Waals surface area contributed by atoms with E-state index in [2.05, 4.69) is 15.4 Å². The number of carbonyl (C=O) groups is 1. The van der Waals surface area contributed by atoms with Crippen LogP contribution in [0, 0.1) is 0 Å². The molecule has 5 heteroatoms. The fourth-order valence-corrected chi connectivity index (χ4v) is 2.09. The molecular weight excluding hydrogens is 264 g/mol. The average Bonchev–Trinajstić information content (AvgIpc) is 3.00. The third-order valence-corrected chi connectivity index (χ3v) is 3.21. The third-order valence-electron chi connectivity index (χ3n) is 3.21. The van der Waals surface area contributed by atoms with Crippen molar-refractivity contribution < 1.29 is 4.79 Å². The van der Waals surface area contributed by atoms with E-state index in [1.807, 2.05) is 44.2 Å². The quantitative estimate of drug-likeness (QED) is 0.829. The number of hydrogen-bond donors (Lipinski definition) is 1. The van der Waals surface area contributed by atoms with Crippen LogP contribution >= 0.6 is 0 Å². The summed E-state index contributed by atoms with van der Waals surface area (Å²) in [5.74, 6) is 0.665. The molecule has 0 radical (unpaired) electrons. The van der Waals surface area contributed by atoms with Crippen molar-refractivity contribution in [2.75, 3.05) is 0 Å². The van der Waals surface area contributed by atoms with Gasteiger partial charge in [0.15, 0.2) is 0 Å². The number of carbonyl (C=O) groups excluding carboxylic acids is 1. The molecule has 0 saturated carbocycles. The Kier molecular flexibility index (Phi) is 5.26. The van der Waals surface area contributed by atoms with Crippen molar-refractivity contribution in [1.82, 2.24) is 20.1 Å². The zero-order valence-corrected chi connectivity index (χ0v) is 12.4. The van der Waals surface area contributed by atoms with E-state index in [4.69, 9.17) is 0 Å². The van der Waals surface area contributed by atoms with E-state index in [1.165, 1.54) is 6.33 Å². The van der Waals surface area contributed by atoms with E-state index in [1.54, 1.807) is 16.8 Å². The zero-order chi connectivity index (χ0) is 15.1. The number of aromatic nitrogens is 3. The van der Waals surface area contributed by atoms with Gasteiger partial charge in [0, 0.05) is 12.6 Å². The van der Waals surface area contributed by atoms with E-state index < -0.39 is 0 Å². The van der Waals surface area contributed by atoms with E-state index in [0.29, 0.717) is 0 Å². The minimum Gasteiger partial charge on any atom is -0.343 e. The molecular formula is C16H20N4O. The second-order valence-corrected chi connectivity index (χ2v) is 4.65. The van der Waals surface area contributed by atoms with Crippen molar-refractivity contribution in [1.29, 1.82) is 0 Å². The van der Waals surface area contributed by atoms with Crippen LogP contribution in [0.25, 0.3) is 6.08 Å². The molecule has 1 amide bonds. The number of nitrogens with zero attached hydrogens (tertiary/aromatic N) is 3. The van der Waals surface area contributed by atoms with Crippen LogP contribution in [0.15, 0.2) is 42.7 Å². The molecule has 1 aromatic carbocycles. The van der Waals surface area contributed by atoms with E-state index in [-0.39, 0.29) is 11.9 Å². The maximum Gasteiger partial charge on any atom is 0.244 e. The number of aryl methyl sites for hydroxylation is 1. The molecule has 1 unspecified atom stereocenters. The highest BCUT2D eigenvalue weighted by Gasteiger charge is 2.16. The van der Waals surface area contributed by atoms with Gasteiger partial charge in [0.2, 0.25) is 5.91 Å². The van der Waals surface area contributed by atoms with Gasteiger partial charge in [-0.15, -0.1) is 0 Å². The van der Waals surface area contributed by atoms with Gasteiger partial charge in [-0.2, -0.15) is 5.10 Å². The van der Waals surface area contributed by atoms with Crippen LogP contribution in [0.2, 0.25) is 0 Å². The molecule has 1 heterocycles. The molecule has 0 fully saturated rings. The fraction of sp³-hybridized carbons (Fsp3) is 0.312. The fourth-order valence-electron chi connectivity index (χ4n) is 2.09. The maximum atomic E-state index is 12.0. The summed E-state index contributed by atoms with van der Waals surface area (Å²) in [6.07, 6.45) is 5.63. The lowest BCUT2D eigenvalue weighted by Crippen LogP contribution is -2.28. The van der Waals surface area contributed by atoms with Gasteiger partial charge in [-0.1, -0.05) is 37.3 Å². The summed E-state index contributed by atoms with van der Waals surface area (Å²) in [6, 6.07) is 9.61. The Morgan fingerprint density at radius 3 is 2.76 bits per heavy atom. The second-order valence-electron chi connectivity index (χ2n) is 4.65. The van der Waals surface area contributed by atoms with Crippen molar-refractivity contribution in [3.05, 3.63) is 54.1 Å². The van der Waals surface area contributed by atoms with E-state index >= 15 is 0 Å². The Balaban J connectivity index is 2.02. The lowest BCUT2D eigenvalue weighted by molar-refractivity contribution is -0.117. The average molecular weight is 284 g/mol. The summed E-state index contributed by atoms with van der Waals surface area (Å²) < 4.78 is 1.80. The van der Waals surface area contributed by atoms with Gasteiger partial charge in [-0.05, 0) is 25.0 Å². The summed E-state index contributed by atoms with van der Waals surface area (Å²) in [5, 5.41) is 7.11. The first-order chi connectivity index (χ1) is 10.2. The van der Waals surface area contributed by atoms with Gasteiger partial charge < -0.3 is 5.32 Å². The maximum absolute atomic E-state index is 12.0. The molecule has 2 rings (SSSR count). The first-order valence-electron chi connectivity index (χ1n) is 7.16. The molecule has 0 aliphatic rings. The van der Waals surface area contributed by atoms with Crippen LogP contribution in [0.1, 0.15) is 37.7 Å². The molecule has 5 nitrogen and oxygen atoms in total. The van der Waals surface area contributed by atoms with Crippen LogP contribution in [0.4, 0.5) is 0 Å². The SMILES string of the molecule is CCC(NC(=O)/C=C/c1ccccc1)c1ncnn1CC. The molecule has 110 valence electrons. The van der Waals surface area contributed by atoms with Crippen LogP contribution in [0.3, 0.4) is 0 Å². The highest BCUT2D eigenvalue weighted by Crippen LogP contribution is 2.13. The number of nitrogens with one attached hydrogen (secondary N) is 1. The minimum absolute atomic E-state index is 0.125. The summed E-state index contributed by atoms with van der Waals surface area (Å²) in [7, 11) is 0. The van der Waals surface area contributed by atoms with Crippen LogP contribution in [-0.2, 0) is 11.3 Å². The smallest absolute Gasteiger partial charge is 0.244 e. The number of hydrogen-bond acceptors (Lipinski definition) is 3. The van der Waals surface area contributed by atoms with Crippen molar-refractivity contribution >= 4 is 12.0 Å². The predicted molar refractivity (Wildman–Crippen MR) is 82.3 cm³/mol. The number of rotatable bonds is 6. The summed E-state index contributed by atoms with van der Waals surface area (Å²) >= 11 is 0. The molecule has 2 aromatic rings. The van der Waals surface area contributed by atoms with Gasteiger partial charge in [0.1, 0.15) is 12.2 Å². The molecule has 0 bridgehead atoms.